The number of rotatable bonds is 11. The number of benzene rings is 2. The van der Waals surface area contributed by atoms with Crippen molar-refractivity contribution in [2.75, 3.05) is 17.1 Å². The van der Waals surface area contributed by atoms with Crippen molar-refractivity contribution < 1.29 is 18.0 Å². The largest absolute Gasteiger partial charge is 0.352 e. The van der Waals surface area contributed by atoms with Gasteiger partial charge in [-0.2, -0.15) is 0 Å². The van der Waals surface area contributed by atoms with Crippen molar-refractivity contribution in [1.82, 2.24) is 10.2 Å². The van der Waals surface area contributed by atoms with Gasteiger partial charge in [0, 0.05) is 12.6 Å². The lowest BCUT2D eigenvalue weighted by Gasteiger charge is -2.33. The van der Waals surface area contributed by atoms with Gasteiger partial charge in [0.1, 0.15) is 12.6 Å². The van der Waals surface area contributed by atoms with E-state index in [0.29, 0.717) is 5.69 Å². The molecule has 0 heterocycles. The standard InChI is InChI=1S/C27H39N3O4S/c1-8-21(5)28-27(32)22(6)29(17-23-14-10-9-13-20(23)4)26(31)18-30(35(7,33)34)25-16-12-11-15-24(25)19(2)3/h9-16,19,21-22H,8,17-18H2,1-7H3,(H,28,32). The van der Waals surface area contributed by atoms with E-state index in [4.69, 9.17) is 0 Å². The molecule has 8 heteroatoms. The second-order valence-corrected chi connectivity index (χ2v) is 11.3. The highest BCUT2D eigenvalue weighted by molar-refractivity contribution is 7.92. The zero-order valence-electron chi connectivity index (χ0n) is 21.9. The molecule has 2 aromatic rings. The summed E-state index contributed by atoms with van der Waals surface area (Å²) in [6.45, 7) is 11.3. The Bertz CT molecular complexity index is 1130. The fourth-order valence-corrected chi connectivity index (χ4v) is 4.69. The topological polar surface area (TPSA) is 86.8 Å². The Kier molecular flexibility index (Phi) is 9.89. The molecule has 2 amide bonds. The van der Waals surface area contributed by atoms with Gasteiger partial charge >= 0.3 is 0 Å². The number of aryl methyl sites for hydroxylation is 1. The summed E-state index contributed by atoms with van der Waals surface area (Å²) in [5.41, 5.74) is 3.20. The van der Waals surface area contributed by atoms with Crippen molar-refractivity contribution in [3.63, 3.8) is 0 Å². The van der Waals surface area contributed by atoms with Gasteiger partial charge in [0.2, 0.25) is 21.8 Å². The zero-order valence-corrected chi connectivity index (χ0v) is 22.7. The van der Waals surface area contributed by atoms with Crippen LogP contribution >= 0.6 is 0 Å². The minimum atomic E-state index is -3.77. The Balaban J connectivity index is 2.47. The van der Waals surface area contributed by atoms with Crippen LogP contribution in [0, 0.1) is 6.92 Å². The molecule has 0 aliphatic heterocycles. The van der Waals surface area contributed by atoms with Crippen LogP contribution in [0.2, 0.25) is 0 Å². The van der Waals surface area contributed by atoms with Crippen molar-refractivity contribution in [1.29, 1.82) is 0 Å². The quantitative estimate of drug-likeness (QED) is 0.500. The molecule has 1 N–H and O–H groups in total. The molecule has 2 aromatic carbocycles. The number of nitrogens with zero attached hydrogens (tertiary/aromatic N) is 2. The van der Waals surface area contributed by atoms with E-state index in [9.17, 15) is 18.0 Å². The van der Waals surface area contributed by atoms with Crippen molar-refractivity contribution in [2.24, 2.45) is 0 Å². The Morgan fingerprint density at radius 1 is 0.971 bits per heavy atom. The molecule has 7 nitrogen and oxygen atoms in total. The summed E-state index contributed by atoms with van der Waals surface area (Å²) in [7, 11) is -3.77. The van der Waals surface area contributed by atoms with E-state index in [2.05, 4.69) is 5.32 Å². The number of hydrogen-bond acceptors (Lipinski definition) is 4. The number of amides is 2. The average molecular weight is 502 g/mol. The van der Waals surface area contributed by atoms with Gasteiger partial charge in [0.25, 0.3) is 0 Å². The molecule has 2 atom stereocenters. The summed E-state index contributed by atoms with van der Waals surface area (Å²) >= 11 is 0. The molecular formula is C27H39N3O4S. The molecule has 0 spiro atoms. The van der Waals surface area contributed by atoms with Gasteiger partial charge < -0.3 is 10.2 Å². The molecular weight excluding hydrogens is 462 g/mol. The van der Waals surface area contributed by atoms with E-state index < -0.39 is 28.5 Å². The van der Waals surface area contributed by atoms with Crippen LogP contribution in [0.5, 0.6) is 0 Å². The molecule has 0 aromatic heterocycles. The molecule has 2 rings (SSSR count). The van der Waals surface area contributed by atoms with Crippen molar-refractivity contribution >= 4 is 27.5 Å². The van der Waals surface area contributed by atoms with Gasteiger partial charge in [-0.25, -0.2) is 8.42 Å². The average Bonchev–Trinajstić information content (AvgIpc) is 2.80. The van der Waals surface area contributed by atoms with Crippen LogP contribution in [0.3, 0.4) is 0 Å². The highest BCUT2D eigenvalue weighted by Gasteiger charge is 2.31. The number of sulfonamides is 1. The monoisotopic (exact) mass is 501 g/mol. The number of hydrogen-bond donors (Lipinski definition) is 1. The molecule has 0 radical (unpaired) electrons. The molecule has 2 unspecified atom stereocenters. The number of anilines is 1. The van der Waals surface area contributed by atoms with Crippen LogP contribution in [0.4, 0.5) is 5.69 Å². The molecule has 0 saturated heterocycles. The van der Waals surface area contributed by atoms with E-state index in [1.807, 2.05) is 71.0 Å². The van der Waals surface area contributed by atoms with Crippen molar-refractivity contribution in [3.8, 4) is 0 Å². The lowest BCUT2D eigenvalue weighted by molar-refractivity contribution is -0.139. The van der Waals surface area contributed by atoms with E-state index >= 15 is 0 Å². The first-order valence-corrected chi connectivity index (χ1v) is 13.9. The van der Waals surface area contributed by atoms with Crippen LogP contribution in [-0.2, 0) is 26.2 Å². The summed E-state index contributed by atoms with van der Waals surface area (Å²) in [6, 6.07) is 14.0. The molecule has 0 aliphatic rings. The minimum absolute atomic E-state index is 0.0363. The van der Waals surface area contributed by atoms with Gasteiger partial charge in [0.15, 0.2) is 0 Å². The van der Waals surface area contributed by atoms with E-state index in [1.54, 1.807) is 19.1 Å². The smallest absolute Gasteiger partial charge is 0.244 e. The Morgan fingerprint density at radius 3 is 2.14 bits per heavy atom. The number of carbonyl (C=O) groups excluding carboxylic acids is 2. The predicted molar refractivity (Wildman–Crippen MR) is 142 cm³/mol. The summed E-state index contributed by atoms with van der Waals surface area (Å²) in [6.07, 6.45) is 1.86. The van der Waals surface area contributed by atoms with E-state index in [0.717, 1.165) is 33.7 Å². The van der Waals surface area contributed by atoms with E-state index in [1.165, 1.54) is 4.90 Å². The van der Waals surface area contributed by atoms with Crippen molar-refractivity contribution in [2.45, 2.75) is 72.5 Å². The highest BCUT2D eigenvalue weighted by Crippen LogP contribution is 2.29. The lowest BCUT2D eigenvalue weighted by atomic mass is 10.0. The second-order valence-electron chi connectivity index (χ2n) is 9.43. The fraction of sp³-hybridized carbons (Fsp3) is 0.481. The fourth-order valence-electron chi connectivity index (χ4n) is 3.82. The zero-order chi connectivity index (χ0) is 26.3. The first-order valence-electron chi connectivity index (χ1n) is 12.1. The predicted octanol–water partition coefficient (Wildman–Crippen LogP) is 4.22. The first-order chi connectivity index (χ1) is 16.4. The maximum atomic E-state index is 13.7. The molecule has 192 valence electrons. The van der Waals surface area contributed by atoms with Crippen molar-refractivity contribution in [3.05, 3.63) is 65.2 Å². The maximum Gasteiger partial charge on any atom is 0.244 e. The summed E-state index contributed by atoms with van der Waals surface area (Å²) < 4.78 is 26.8. The van der Waals surface area contributed by atoms with Crippen LogP contribution < -0.4 is 9.62 Å². The van der Waals surface area contributed by atoms with Gasteiger partial charge in [-0.05, 0) is 55.9 Å². The molecule has 0 aliphatic carbocycles. The van der Waals surface area contributed by atoms with Gasteiger partial charge in [0.05, 0.1) is 11.9 Å². The molecule has 0 saturated carbocycles. The summed E-state index contributed by atoms with van der Waals surface area (Å²) in [5.74, 6) is -0.646. The lowest BCUT2D eigenvalue weighted by Crippen LogP contribution is -2.52. The first kappa shape index (κ1) is 28.4. The van der Waals surface area contributed by atoms with Crippen LogP contribution in [0.15, 0.2) is 48.5 Å². The number of carbonyl (C=O) groups is 2. The van der Waals surface area contributed by atoms with Crippen LogP contribution in [0.1, 0.15) is 63.6 Å². The normalized spacial score (nSPS) is 13.3. The summed E-state index contributed by atoms with van der Waals surface area (Å²) in [4.78, 5) is 28.2. The second kappa shape index (κ2) is 12.2. The maximum absolute atomic E-state index is 13.7. The summed E-state index contributed by atoms with van der Waals surface area (Å²) in [5, 5.41) is 2.94. The molecule has 0 bridgehead atoms. The Morgan fingerprint density at radius 2 is 1.57 bits per heavy atom. The third-order valence-electron chi connectivity index (χ3n) is 6.28. The molecule has 35 heavy (non-hydrogen) atoms. The highest BCUT2D eigenvalue weighted by atomic mass is 32.2. The SMILES string of the molecule is CCC(C)NC(=O)C(C)N(Cc1ccccc1C)C(=O)CN(c1ccccc1C(C)C)S(C)(=O)=O. The number of nitrogens with one attached hydrogen (secondary N) is 1. The third kappa shape index (κ3) is 7.56. The third-order valence-corrected chi connectivity index (χ3v) is 7.40. The van der Waals surface area contributed by atoms with Gasteiger partial charge in [-0.15, -0.1) is 0 Å². The van der Waals surface area contributed by atoms with Gasteiger partial charge in [-0.3, -0.25) is 13.9 Å². The Hall–Kier alpha value is -2.87. The van der Waals surface area contributed by atoms with Crippen LogP contribution in [-0.4, -0.2) is 50.0 Å². The number of para-hydroxylation sites is 1. The van der Waals surface area contributed by atoms with E-state index in [-0.39, 0.29) is 24.4 Å². The molecule has 0 fully saturated rings. The Labute approximate surface area is 210 Å². The van der Waals surface area contributed by atoms with Crippen LogP contribution in [0.25, 0.3) is 0 Å². The minimum Gasteiger partial charge on any atom is -0.352 e. The van der Waals surface area contributed by atoms with Gasteiger partial charge in [-0.1, -0.05) is 63.2 Å².